The zero-order valence-corrected chi connectivity index (χ0v) is 34.3. The van der Waals surface area contributed by atoms with Gasteiger partial charge < -0.3 is 51.5 Å². The first-order valence-corrected chi connectivity index (χ1v) is 20.7. The SMILES string of the molecule is CC[C@H](C)[C@H](NC(=O)[C@@H](NC(=O)[C@H](C)NC(=O)[C@@H]1CCCN1C(=O)[C@@H]1CCCN1)[C@@H](C)O)C(=O)N[C@@H](CC(C)C)C(=O)N1CCC[C@H]1C(=O)N1CCC[C@H]1C(=O)O. The number of amides is 7. The van der Waals surface area contributed by atoms with Crippen LogP contribution in [0.15, 0.2) is 0 Å². The molecule has 7 N–H and O–H groups in total. The van der Waals surface area contributed by atoms with Gasteiger partial charge in [0.25, 0.3) is 0 Å². The van der Waals surface area contributed by atoms with Crippen molar-refractivity contribution in [1.29, 1.82) is 0 Å². The van der Waals surface area contributed by atoms with Crippen LogP contribution in [0.2, 0.25) is 0 Å². The number of carboxylic acids is 1. The lowest BCUT2D eigenvalue weighted by molar-refractivity contribution is -0.152. The van der Waals surface area contributed by atoms with Gasteiger partial charge in [0, 0.05) is 19.6 Å². The number of nitrogens with one attached hydrogen (secondary N) is 5. The van der Waals surface area contributed by atoms with E-state index in [4.69, 9.17) is 0 Å². The number of hydrogen-bond acceptors (Lipinski definition) is 10. The van der Waals surface area contributed by atoms with E-state index in [0.29, 0.717) is 57.9 Å². The van der Waals surface area contributed by atoms with Crippen LogP contribution in [0.3, 0.4) is 0 Å². The van der Waals surface area contributed by atoms with Gasteiger partial charge in [-0.1, -0.05) is 34.1 Å². The summed E-state index contributed by atoms with van der Waals surface area (Å²) in [5.41, 5.74) is 0. The van der Waals surface area contributed by atoms with Gasteiger partial charge in [0.15, 0.2) is 0 Å². The monoisotopic (exact) mass is 804 g/mol. The number of carbonyl (C=O) groups excluding carboxylic acids is 7. The minimum atomic E-state index is -1.51. The Balaban J connectivity index is 1.41. The molecule has 57 heavy (non-hydrogen) atoms. The van der Waals surface area contributed by atoms with Crippen LogP contribution in [0.5, 0.6) is 0 Å². The lowest BCUT2D eigenvalue weighted by Crippen LogP contribution is -2.62. The second-order valence-corrected chi connectivity index (χ2v) is 16.6. The minimum Gasteiger partial charge on any atom is -0.480 e. The first-order chi connectivity index (χ1) is 27.0. The summed E-state index contributed by atoms with van der Waals surface area (Å²) in [6.07, 6.45) is 3.71. The van der Waals surface area contributed by atoms with Crippen LogP contribution in [0.4, 0.5) is 0 Å². The molecule has 4 heterocycles. The van der Waals surface area contributed by atoms with E-state index in [9.17, 15) is 48.6 Å². The largest absolute Gasteiger partial charge is 0.480 e. The highest BCUT2D eigenvalue weighted by molar-refractivity contribution is 5.98. The van der Waals surface area contributed by atoms with E-state index in [-0.39, 0.29) is 37.4 Å². The van der Waals surface area contributed by atoms with Gasteiger partial charge in [-0.2, -0.15) is 0 Å². The fraction of sp³-hybridized carbons (Fsp3) is 0.795. The number of carboxylic acid groups (broad SMARTS) is 1. The molecule has 4 aliphatic heterocycles. The van der Waals surface area contributed by atoms with Crippen molar-refractivity contribution < 1.29 is 48.6 Å². The summed E-state index contributed by atoms with van der Waals surface area (Å²) in [5, 5.41) is 34.0. The van der Waals surface area contributed by atoms with Gasteiger partial charge in [-0.05, 0) is 90.0 Å². The Labute approximate surface area is 334 Å². The summed E-state index contributed by atoms with van der Waals surface area (Å²) in [4.78, 5) is 111. The molecule has 0 spiro atoms. The maximum Gasteiger partial charge on any atom is 0.326 e. The summed E-state index contributed by atoms with van der Waals surface area (Å²) in [6, 6.07) is -7.76. The van der Waals surface area contributed by atoms with Crippen LogP contribution < -0.4 is 26.6 Å². The van der Waals surface area contributed by atoms with E-state index in [1.54, 1.807) is 11.8 Å². The molecule has 0 bridgehead atoms. The van der Waals surface area contributed by atoms with Crippen molar-refractivity contribution >= 4 is 47.3 Å². The van der Waals surface area contributed by atoms with Crippen molar-refractivity contribution in [2.75, 3.05) is 26.2 Å². The maximum atomic E-state index is 14.1. The molecule has 4 aliphatic rings. The molecule has 4 fully saturated rings. The lowest BCUT2D eigenvalue weighted by Gasteiger charge is -2.34. The molecule has 4 rings (SSSR count). The normalized spacial score (nSPS) is 25.3. The van der Waals surface area contributed by atoms with Crippen LogP contribution in [-0.4, -0.2) is 153 Å². The number of aliphatic hydroxyl groups excluding tert-OH is 1. The van der Waals surface area contributed by atoms with Crippen molar-refractivity contribution in [3.63, 3.8) is 0 Å². The molecular weight excluding hydrogens is 740 g/mol. The number of hydrogen-bond donors (Lipinski definition) is 7. The molecule has 4 saturated heterocycles. The van der Waals surface area contributed by atoms with E-state index in [1.165, 1.54) is 23.6 Å². The van der Waals surface area contributed by atoms with Crippen molar-refractivity contribution in [3.8, 4) is 0 Å². The number of aliphatic hydroxyl groups is 1. The van der Waals surface area contributed by atoms with Crippen LogP contribution >= 0.6 is 0 Å². The van der Waals surface area contributed by atoms with E-state index >= 15 is 0 Å². The standard InChI is InChI=1S/C39H64N8O10/c1-7-22(4)30(34(51)42-26(20-21(2)3)37(54)46-18-10-14-28(46)38(55)47-19-11-15-29(47)39(56)57)43-35(52)31(24(6)48)44-32(49)23(5)41-33(50)27-13-9-17-45(27)36(53)25-12-8-16-40-25/h21-31,40,48H,7-20H2,1-6H3,(H,41,50)(H,42,51)(H,43,52)(H,44,49)(H,56,57)/t22-,23-,24+,25-,26-,27-,28-,29-,30-,31-/m0/s1. The van der Waals surface area contributed by atoms with Gasteiger partial charge in [-0.3, -0.25) is 33.6 Å². The van der Waals surface area contributed by atoms with E-state index < -0.39 is 95.7 Å². The fourth-order valence-corrected chi connectivity index (χ4v) is 8.32. The first-order valence-electron chi connectivity index (χ1n) is 20.7. The predicted molar refractivity (Wildman–Crippen MR) is 207 cm³/mol. The van der Waals surface area contributed by atoms with Crippen LogP contribution in [0, 0.1) is 11.8 Å². The first kappa shape index (κ1) is 45.4. The Morgan fingerprint density at radius 3 is 1.79 bits per heavy atom. The molecule has 18 heteroatoms. The third kappa shape index (κ3) is 11.2. The predicted octanol–water partition coefficient (Wildman–Crippen LogP) is -0.772. The summed E-state index contributed by atoms with van der Waals surface area (Å²) in [6.45, 7) is 11.8. The summed E-state index contributed by atoms with van der Waals surface area (Å²) < 4.78 is 0. The zero-order chi connectivity index (χ0) is 42.1. The van der Waals surface area contributed by atoms with Gasteiger partial charge in [0.2, 0.25) is 41.4 Å². The van der Waals surface area contributed by atoms with Crippen molar-refractivity contribution in [2.45, 2.75) is 160 Å². The second-order valence-electron chi connectivity index (χ2n) is 16.6. The molecule has 0 saturated carbocycles. The number of carbonyl (C=O) groups is 8. The highest BCUT2D eigenvalue weighted by Gasteiger charge is 2.45. The Morgan fingerprint density at radius 1 is 0.667 bits per heavy atom. The summed E-state index contributed by atoms with van der Waals surface area (Å²) in [7, 11) is 0. The Bertz CT molecular complexity index is 1500. The van der Waals surface area contributed by atoms with Crippen molar-refractivity contribution in [2.24, 2.45) is 11.8 Å². The Hall–Kier alpha value is -4.32. The molecule has 18 nitrogen and oxygen atoms in total. The topological polar surface area (TPSA) is 247 Å². The average Bonchev–Trinajstić information content (AvgIpc) is 4.00. The van der Waals surface area contributed by atoms with Crippen LogP contribution in [0.1, 0.15) is 106 Å². The van der Waals surface area contributed by atoms with Crippen LogP contribution in [0.25, 0.3) is 0 Å². The van der Waals surface area contributed by atoms with Gasteiger partial charge in [-0.15, -0.1) is 0 Å². The van der Waals surface area contributed by atoms with E-state index in [2.05, 4.69) is 26.6 Å². The number of likely N-dealkylation sites (tertiary alicyclic amines) is 3. The average molecular weight is 805 g/mol. The minimum absolute atomic E-state index is 0.0542. The van der Waals surface area contributed by atoms with Gasteiger partial charge in [0.05, 0.1) is 12.1 Å². The fourth-order valence-electron chi connectivity index (χ4n) is 8.32. The molecular formula is C39H64N8O10. The third-order valence-corrected chi connectivity index (χ3v) is 11.8. The lowest BCUT2D eigenvalue weighted by atomic mass is 9.96. The molecule has 0 aromatic heterocycles. The third-order valence-electron chi connectivity index (χ3n) is 11.8. The van der Waals surface area contributed by atoms with Gasteiger partial charge in [0.1, 0.15) is 42.3 Å². The van der Waals surface area contributed by atoms with Gasteiger partial charge >= 0.3 is 5.97 Å². The van der Waals surface area contributed by atoms with Crippen molar-refractivity contribution in [1.82, 2.24) is 41.3 Å². The van der Waals surface area contributed by atoms with E-state index in [1.807, 2.05) is 20.8 Å². The second kappa shape index (κ2) is 20.4. The molecule has 0 aromatic rings. The highest BCUT2D eigenvalue weighted by Crippen LogP contribution is 2.27. The number of nitrogens with zero attached hydrogens (tertiary/aromatic N) is 3. The number of rotatable bonds is 17. The van der Waals surface area contributed by atoms with E-state index in [0.717, 1.165) is 13.0 Å². The van der Waals surface area contributed by atoms with Crippen molar-refractivity contribution in [3.05, 3.63) is 0 Å². The molecule has 10 atom stereocenters. The molecule has 7 amide bonds. The smallest absolute Gasteiger partial charge is 0.326 e. The summed E-state index contributed by atoms with van der Waals surface area (Å²) in [5.74, 6) is -5.40. The quantitative estimate of drug-likeness (QED) is 0.0962. The molecule has 0 radical (unpaired) electrons. The molecule has 0 aliphatic carbocycles. The van der Waals surface area contributed by atoms with Gasteiger partial charge in [-0.25, -0.2) is 4.79 Å². The molecule has 0 unspecified atom stereocenters. The Morgan fingerprint density at radius 2 is 1.23 bits per heavy atom. The zero-order valence-electron chi connectivity index (χ0n) is 34.3. The maximum absolute atomic E-state index is 14.1. The molecule has 320 valence electrons. The highest BCUT2D eigenvalue weighted by atomic mass is 16.4. The Kier molecular flexibility index (Phi) is 16.2. The molecule has 0 aromatic carbocycles. The summed E-state index contributed by atoms with van der Waals surface area (Å²) >= 11 is 0. The number of aliphatic carboxylic acids is 1. The van der Waals surface area contributed by atoms with Crippen LogP contribution in [-0.2, 0) is 38.4 Å².